The molecule has 2 fully saturated rings. The molecule has 3 N–H and O–H groups in total. The molecule has 2 saturated heterocycles. The summed E-state index contributed by atoms with van der Waals surface area (Å²) in [6, 6.07) is 5.42. The number of nitrogen functional groups attached to an aromatic ring is 1. The highest BCUT2D eigenvalue weighted by molar-refractivity contribution is 6.13. The molecule has 38 heavy (non-hydrogen) atoms. The van der Waals surface area contributed by atoms with Crippen molar-refractivity contribution in [3.8, 4) is 0 Å². The van der Waals surface area contributed by atoms with Crippen molar-refractivity contribution >= 4 is 40.3 Å². The van der Waals surface area contributed by atoms with Crippen LogP contribution in [0.3, 0.4) is 0 Å². The number of aryl methyl sites for hydroxylation is 1. The monoisotopic (exact) mass is 516 g/mol. The lowest BCUT2D eigenvalue weighted by molar-refractivity contribution is -0.129. The van der Waals surface area contributed by atoms with E-state index in [-0.39, 0.29) is 29.4 Å². The first-order valence-corrected chi connectivity index (χ1v) is 12.9. The fourth-order valence-corrected chi connectivity index (χ4v) is 5.30. The number of anilines is 2. The number of carbonyl (C=O) groups excluding carboxylic acids is 3. The molecule has 4 heterocycles. The van der Waals surface area contributed by atoms with Crippen molar-refractivity contribution in [1.29, 1.82) is 0 Å². The van der Waals surface area contributed by atoms with Crippen LogP contribution in [-0.4, -0.2) is 73.4 Å². The van der Waals surface area contributed by atoms with Crippen LogP contribution in [0.1, 0.15) is 53.3 Å². The fraction of sp³-hybridized carbons (Fsp3) is 0.407. The molecule has 0 spiro atoms. The summed E-state index contributed by atoms with van der Waals surface area (Å²) in [5, 5.41) is 7.94. The van der Waals surface area contributed by atoms with Gasteiger partial charge in [-0.2, -0.15) is 5.10 Å². The molecule has 0 aliphatic carbocycles. The largest absolute Gasteiger partial charge is 0.383 e. The van der Waals surface area contributed by atoms with Crippen molar-refractivity contribution in [3.05, 3.63) is 54.0 Å². The topological polar surface area (TPSA) is 139 Å². The second kappa shape index (κ2) is 10.6. The number of fused-ring (bicyclic) bond motifs is 1. The van der Waals surface area contributed by atoms with E-state index in [4.69, 9.17) is 5.73 Å². The number of hydrogen-bond acceptors (Lipinski definition) is 7. The number of hydrogen-bond donors (Lipinski definition) is 2. The average molecular weight is 517 g/mol. The number of nitrogens with one attached hydrogen (secondary N) is 1. The summed E-state index contributed by atoms with van der Waals surface area (Å²) in [6.45, 7) is 8.20. The molecule has 3 amide bonds. The number of amides is 3. The Morgan fingerprint density at radius 1 is 1.13 bits per heavy atom. The zero-order valence-electron chi connectivity index (χ0n) is 21.5. The van der Waals surface area contributed by atoms with E-state index in [0.29, 0.717) is 36.2 Å². The predicted molar refractivity (Wildman–Crippen MR) is 143 cm³/mol. The number of nitrogens with zero attached hydrogens (tertiary/aromatic N) is 6. The first kappa shape index (κ1) is 25.4. The molecule has 198 valence electrons. The predicted octanol–water partition coefficient (Wildman–Crippen LogP) is 2.48. The van der Waals surface area contributed by atoms with Gasteiger partial charge in [0.25, 0.3) is 5.91 Å². The maximum absolute atomic E-state index is 13.4. The minimum Gasteiger partial charge on any atom is -0.383 e. The summed E-state index contributed by atoms with van der Waals surface area (Å²) >= 11 is 0. The van der Waals surface area contributed by atoms with Crippen LogP contribution in [0.4, 0.5) is 11.5 Å². The molecule has 2 aliphatic heterocycles. The molecule has 0 saturated carbocycles. The Morgan fingerprint density at radius 2 is 1.89 bits per heavy atom. The van der Waals surface area contributed by atoms with Gasteiger partial charge in [0.05, 0.1) is 17.8 Å². The summed E-state index contributed by atoms with van der Waals surface area (Å²) in [5.74, 6) is -0.288. The van der Waals surface area contributed by atoms with Crippen LogP contribution in [0, 0.1) is 6.92 Å². The SMILES string of the molecule is C=CC(=O)N1CCCC(n2nc(C(=O)Nc3ccc(CC(=O)N4CCCC4)cc3C)c3c(N)ncnc32)C1. The van der Waals surface area contributed by atoms with Crippen LogP contribution in [0.25, 0.3) is 11.0 Å². The highest BCUT2D eigenvalue weighted by atomic mass is 16.2. The third kappa shape index (κ3) is 4.96. The number of aromatic nitrogens is 4. The van der Waals surface area contributed by atoms with Gasteiger partial charge in [0, 0.05) is 31.9 Å². The van der Waals surface area contributed by atoms with Crippen molar-refractivity contribution in [3.63, 3.8) is 0 Å². The van der Waals surface area contributed by atoms with Crippen LogP contribution in [0.5, 0.6) is 0 Å². The molecule has 0 radical (unpaired) electrons. The van der Waals surface area contributed by atoms with E-state index < -0.39 is 5.91 Å². The third-order valence-corrected chi connectivity index (χ3v) is 7.32. The van der Waals surface area contributed by atoms with E-state index >= 15 is 0 Å². The molecule has 0 bridgehead atoms. The van der Waals surface area contributed by atoms with Crippen LogP contribution in [0.15, 0.2) is 37.2 Å². The highest BCUT2D eigenvalue weighted by Gasteiger charge is 2.29. The quantitative estimate of drug-likeness (QED) is 0.480. The maximum atomic E-state index is 13.4. The average Bonchev–Trinajstić information content (AvgIpc) is 3.59. The first-order valence-electron chi connectivity index (χ1n) is 12.9. The van der Waals surface area contributed by atoms with Gasteiger partial charge in [-0.1, -0.05) is 18.7 Å². The van der Waals surface area contributed by atoms with Gasteiger partial charge in [-0.25, -0.2) is 14.6 Å². The van der Waals surface area contributed by atoms with Crippen LogP contribution < -0.4 is 11.1 Å². The van der Waals surface area contributed by atoms with Gasteiger partial charge in [-0.05, 0) is 55.9 Å². The lowest BCUT2D eigenvalue weighted by atomic mass is 10.1. The van der Waals surface area contributed by atoms with Gasteiger partial charge >= 0.3 is 0 Å². The number of piperidine rings is 1. The summed E-state index contributed by atoms with van der Waals surface area (Å²) in [6.07, 6.45) is 6.67. The standard InChI is InChI=1S/C27H32N8O3/c1-3-21(36)34-12-6-7-19(15-34)35-26-23(25(28)29-16-30-26)24(32-35)27(38)31-20-9-8-18(13-17(20)2)14-22(37)33-10-4-5-11-33/h3,8-9,13,16,19H,1,4-7,10-12,14-15H2,2H3,(H,31,38)(H2,28,29,30). The molecule has 11 heteroatoms. The molecule has 2 aromatic heterocycles. The smallest absolute Gasteiger partial charge is 0.277 e. The Labute approximate surface area is 220 Å². The number of benzene rings is 1. The van der Waals surface area contributed by atoms with Gasteiger partial charge in [-0.15, -0.1) is 0 Å². The number of carbonyl (C=O) groups is 3. The Morgan fingerprint density at radius 3 is 2.63 bits per heavy atom. The number of rotatable bonds is 6. The molecular weight excluding hydrogens is 484 g/mol. The van der Waals surface area contributed by atoms with E-state index in [1.807, 2.05) is 24.0 Å². The van der Waals surface area contributed by atoms with Crippen molar-refractivity contribution in [2.45, 2.75) is 45.1 Å². The lowest BCUT2D eigenvalue weighted by Gasteiger charge is -2.32. The lowest BCUT2D eigenvalue weighted by Crippen LogP contribution is -2.40. The minimum atomic E-state index is -0.436. The van der Waals surface area contributed by atoms with Gasteiger partial charge in [-0.3, -0.25) is 14.4 Å². The van der Waals surface area contributed by atoms with Gasteiger partial charge in [0.15, 0.2) is 11.3 Å². The Hall–Kier alpha value is -4.28. The highest BCUT2D eigenvalue weighted by Crippen LogP contribution is 2.29. The summed E-state index contributed by atoms with van der Waals surface area (Å²) in [7, 11) is 0. The van der Waals surface area contributed by atoms with E-state index in [0.717, 1.165) is 49.9 Å². The van der Waals surface area contributed by atoms with Crippen molar-refractivity contribution < 1.29 is 14.4 Å². The van der Waals surface area contributed by atoms with Crippen LogP contribution >= 0.6 is 0 Å². The van der Waals surface area contributed by atoms with Gasteiger partial charge < -0.3 is 20.9 Å². The van der Waals surface area contributed by atoms with Gasteiger partial charge in [0.2, 0.25) is 11.8 Å². The van der Waals surface area contributed by atoms with Crippen LogP contribution in [0.2, 0.25) is 0 Å². The zero-order chi connectivity index (χ0) is 26.8. The second-order valence-electron chi connectivity index (χ2n) is 9.90. The Kier molecular flexibility index (Phi) is 7.08. The third-order valence-electron chi connectivity index (χ3n) is 7.32. The Balaban J connectivity index is 1.38. The molecular formula is C27H32N8O3. The molecule has 5 rings (SSSR count). The van der Waals surface area contributed by atoms with E-state index in [9.17, 15) is 14.4 Å². The van der Waals surface area contributed by atoms with Crippen LogP contribution in [-0.2, 0) is 16.0 Å². The van der Waals surface area contributed by atoms with E-state index in [1.165, 1.54) is 12.4 Å². The Bertz CT molecular complexity index is 1410. The molecule has 3 aromatic rings. The summed E-state index contributed by atoms with van der Waals surface area (Å²) in [5.41, 5.74) is 9.11. The van der Waals surface area contributed by atoms with E-state index in [2.05, 4.69) is 27.0 Å². The molecule has 11 nitrogen and oxygen atoms in total. The van der Waals surface area contributed by atoms with Crippen molar-refractivity contribution in [1.82, 2.24) is 29.5 Å². The zero-order valence-corrected chi connectivity index (χ0v) is 21.5. The maximum Gasteiger partial charge on any atom is 0.277 e. The fourth-order valence-electron chi connectivity index (χ4n) is 5.30. The van der Waals surface area contributed by atoms with E-state index in [1.54, 1.807) is 15.6 Å². The second-order valence-corrected chi connectivity index (χ2v) is 9.90. The van der Waals surface area contributed by atoms with Crippen molar-refractivity contribution in [2.24, 2.45) is 0 Å². The summed E-state index contributed by atoms with van der Waals surface area (Å²) < 4.78 is 1.69. The molecule has 1 aromatic carbocycles. The van der Waals surface area contributed by atoms with Crippen molar-refractivity contribution in [2.75, 3.05) is 37.2 Å². The first-order chi connectivity index (χ1) is 18.4. The normalized spacial score (nSPS) is 17.6. The van der Waals surface area contributed by atoms with Gasteiger partial charge in [0.1, 0.15) is 12.1 Å². The summed E-state index contributed by atoms with van der Waals surface area (Å²) in [4.78, 5) is 50.3. The minimum absolute atomic E-state index is 0.123. The molecule has 1 atom stereocenters. The number of likely N-dealkylation sites (tertiary alicyclic amines) is 2. The number of nitrogens with two attached hydrogens (primary N) is 1. The molecule has 2 aliphatic rings. The molecule has 1 unspecified atom stereocenters.